The van der Waals surface area contributed by atoms with Gasteiger partial charge in [-0.2, -0.15) is 0 Å². The summed E-state index contributed by atoms with van der Waals surface area (Å²) in [5, 5.41) is 6.61. The number of guanidine groups is 1. The van der Waals surface area contributed by atoms with Crippen molar-refractivity contribution in [2.24, 2.45) is 4.99 Å². The van der Waals surface area contributed by atoms with Gasteiger partial charge < -0.3 is 20.3 Å². The monoisotopic (exact) mass is 321 g/mol. The van der Waals surface area contributed by atoms with E-state index < -0.39 is 0 Å². The molecule has 0 saturated carbocycles. The lowest BCUT2D eigenvalue weighted by atomic mass is 10.3. The number of unbranched alkanes of at least 4 members (excludes halogenated alkanes) is 1. The zero-order chi connectivity index (χ0) is 16.9. The summed E-state index contributed by atoms with van der Waals surface area (Å²) in [6.07, 6.45) is 2.13. The van der Waals surface area contributed by atoms with E-state index in [1.165, 1.54) is 0 Å². The molecule has 6 heteroatoms. The van der Waals surface area contributed by atoms with Crippen LogP contribution in [0.2, 0.25) is 0 Å². The Morgan fingerprint density at radius 3 is 2.74 bits per heavy atom. The molecule has 1 rings (SSSR count). The van der Waals surface area contributed by atoms with Crippen molar-refractivity contribution in [3.8, 4) is 0 Å². The van der Waals surface area contributed by atoms with Crippen molar-refractivity contribution in [2.45, 2.75) is 33.2 Å². The van der Waals surface area contributed by atoms with Gasteiger partial charge in [0.05, 0.1) is 12.2 Å². The number of nitrogens with one attached hydrogen (secondary N) is 2. The summed E-state index contributed by atoms with van der Waals surface area (Å²) >= 11 is 0. The maximum absolute atomic E-state index is 5.34. The second-order valence-electron chi connectivity index (χ2n) is 5.41. The number of rotatable bonds is 10. The summed E-state index contributed by atoms with van der Waals surface area (Å²) in [7, 11) is 3.98. The molecule has 1 heterocycles. The Morgan fingerprint density at radius 2 is 2.04 bits per heavy atom. The second-order valence-corrected chi connectivity index (χ2v) is 5.41. The molecule has 0 aliphatic heterocycles. The van der Waals surface area contributed by atoms with Gasteiger partial charge in [-0.1, -0.05) is 6.07 Å². The number of nitrogens with zero attached hydrogens (tertiary/aromatic N) is 3. The van der Waals surface area contributed by atoms with Crippen LogP contribution in [0.3, 0.4) is 0 Å². The lowest BCUT2D eigenvalue weighted by Crippen LogP contribution is -2.37. The first-order valence-corrected chi connectivity index (χ1v) is 8.40. The van der Waals surface area contributed by atoms with Gasteiger partial charge in [0, 0.05) is 40.4 Å². The molecule has 0 aromatic carbocycles. The van der Waals surface area contributed by atoms with Crippen molar-refractivity contribution in [3.63, 3.8) is 0 Å². The second kappa shape index (κ2) is 11.7. The van der Waals surface area contributed by atoms with Gasteiger partial charge in [0.15, 0.2) is 5.96 Å². The molecule has 0 bridgehead atoms. The van der Waals surface area contributed by atoms with Crippen LogP contribution in [0.1, 0.15) is 32.4 Å². The molecule has 23 heavy (non-hydrogen) atoms. The highest BCUT2D eigenvalue weighted by molar-refractivity contribution is 5.79. The minimum atomic E-state index is 0.565. The zero-order valence-corrected chi connectivity index (χ0v) is 14.9. The number of anilines is 1. The minimum Gasteiger partial charge on any atom is -0.382 e. The molecule has 0 saturated heterocycles. The Bertz CT molecular complexity index is 462. The minimum absolute atomic E-state index is 0.565. The highest BCUT2D eigenvalue weighted by Crippen LogP contribution is 2.08. The van der Waals surface area contributed by atoms with Crippen LogP contribution in [0.4, 0.5) is 5.82 Å². The first-order valence-electron chi connectivity index (χ1n) is 8.40. The number of aromatic nitrogens is 1. The van der Waals surface area contributed by atoms with Crippen molar-refractivity contribution in [1.82, 2.24) is 15.6 Å². The maximum atomic E-state index is 5.34. The fourth-order valence-corrected chi connectivity index (χ4v) is 1.99. The highest BCUT2D eigenvalue weighted by atomic mass is 16.5. The average Bonchev–Trinajstić information content (AvgIpc) is 2.56. The topological polar surface area (TPSA) is 61.8 Å². The summed E-state index contributed by atoms with van der Waals surface area (Å²) in [5.74, 6) is 1.78. The van der Waals surface area contributed by atoms with E-state index >= 15 is 0 Å². The van der Waals surface area contributed by atoms with Gasteiger partial charge >= 0.3 is 0 Å². The van der Waals surface area contributed by atoms with Crippen LogP contribution in [0.15, 0.2) is 23.2 Å². The SMILES string of the molecule is CCNC(=NCc1cccc(N(C)C)n1)NCCCCOCC. The first-order chi connectivity index (χ1) is 11.2. The average molecular weight is 321 g/mol. The number of ether oxygens (including phenoxy) is 1. The van der Waals surface area contributed by atoms with E-state index in [1.54, 1.807) is 0 Å². The third-order valence-corrected chi connectivity index (χ3v) is 3.21. The predicted molar refractivity (Wildman–Crippen MR) is 97.1 cm³/mol. The Balaban J connectivity index is 2.46. The molecule has 2 N–H and O–H groups in total. The van der Waals surface area contributed by atoms with Crippen LogP contribution < -0.4 is 15.5 Å². The molecule has 0 atom stereocenters. The van der Waals surface area contributed by atoms with Gasteiger partial charge in [0.1, 0.15) is 5.82 Å². The molecule has 1 aromatic rings. The number of aliphatic imine (C=N–C) groups is 1. The lowest BCUT2D eigenvalue weighted by Gasteiger charge is -2.13. The molecule has 0 fully saturated rings. The van der Waals surface area contributed by atoms with Crippen LogP contribution in [0.25, 0.3) is 0 Å². The number of hydrogen-bond acceptors (Lipinski definition) is 4. The van der Waals surface area contributed by atoms with Crippen molar-refractivity contribution in [3.05, 3.63) is 23.9 Å². The van der Waals surface area contributed by atoms with Crippen molar-refractivity contribution >= 4 is 11.8 Å². The molecule has 1 aromatic heterocycles. The lowest BCUT2D eigenvalue weighted by molar-refractivity contribution is 0.143. The molecule has 0 aliphatic carbocycles. The quantitative estimate of drug-likeness (QED) is 0.392. The third-order valence-electron chi connectivity index (χ3n) is 3.21. The van der Waals surface area contributed by atoms with Crippen LogP contribution in [0.5, 0.6) is 0 Å². The maximum Gasteiger partial charge on any atom is 0.191 e. The smallest absolute Gasteiger partial charge is 0.191 e. The predicted octanol–water partition coefficient (Wildman–Crippen LogP) is 2.02. The van der Waals surface area contributed by atoms with Gasteiger partial charge in [0.2, 0.25) is 0 Å². The Hall–Kier alpha value is -1.82. The third kappa shape index (κ3) is 8.40. The molecule has 6 nitrogen and oxygen atoms in total. The molecular weight excluding hydrogens is 290 g/mol. The molecular formula is C17H31N5O. The zero-order valence-electron chi connectivity index (χ0n) is 14.9. The van der Waals surface area contributed by atoms with Crippen molar-refractivity contribution in [2.75, 3.05) is 45.3 Å². The van der Waals surface area contributed by atoms with E-state index in [1.807, 2.05) is 44.1 Å². The first kappa shape index (κ1) is 19.2. The summed E-state index contributed by atoms with van der Waals surface area (Å²) < 4.78 is 5.34. The van der Waals surface area contributed by atoms with Gasteiger partial charge in [-0.05, 0) is 38.8 Å². The summed E-state index contributed by atoms with van der Waals surface area (Å²) in [4.78, 5) is 11.2. The standard InChI is InChI=1S/C17H31N5O/c1-5-18-17(19-12-7-8-13-23-6-2)20-14-15-10-9-11-16(21-15)22(3)4/h9-11H,5-8,12-14H2,1-4H3,(H2,18,19,20). The Kier molecular flexibility index (Phi) is 9.79. The largest absolute Gasteiger partial charge is 0.382 e. The van der Waals surface area contributed by atoms with E-state index in [0.29, 0.717) is 6.54 Å². The van der Waals surface area contributed by atoms with Gasteiger partial charge in [-0.25, -0.2) is 9.98 Å². The molecule has 0 amide bonds. The molecule has 0 radical (unpaired) electrons. The van der Waals surface area contributed by atoms with E-state index in [9.17, 15) is 0 Å². The number of pyridine rings is 1. The van der Waals surface area contributed by atoms with Crippen LogP contribution in [0, 0.1) is 0 Å². The van der Waals surface area contributed by atoms with Crippen molar-refractivity contribution in [1.29, 1.82) is 0 Å². The van der Waals surface area contributed by atoms with Gasteiger partial charge in [-0.3, -0.25) is 0 Å². The van der Waals surface area contributed by atoms with E-state index in [2.05, 4.69) is 27.5 Å². The van der Waals surface area contributed by atoms with Crippen LogP contribution in [-0.4, -0.2) is 51.3 Å². The van der Waals surface area contributed by atoms with Gasteiger partial charge in [0.25, 0.3) is 0 Å². The molecule has 130 valence electrons. The Labute approximate surface area is 140 Å². The van der Waals surface area contributed by atoms with Crippen LogP contribution in [-0.2, 0) is 11.3 Å². The normalized spacial score (nSPS) is 11.4. The van der Waals surface area contributed by atoms with E-state index in [4.69, 9.17) is 4.74 Å². The number of hydrogen-bond donors (Lipinski definition) is 2. The van der Waals surface area contributed by atoms with Crippen LogP contribution >= 0.6 is 0 Å². The molecule has 0 unspecified atom stereocenters. The highest BCUT2D eigenvalue weighted by Gasteiger charge is 2.01. The molecule has 0 aliphatic rings. The Morgan fingerprint density at radius 1 is 1.22 bits per heavy atom. The van der Waals surface area contributed by atoms with Crippen molar-refractivity contribution < 1.29 is 4.74 Å². The van der Waals surface area contributed by atoms with E-state index in [0.717, 1.165) is 56.6 Å². The van der Waals surface area contributed by atoms with Gasteiger partial charge in [-0.15, -0.1) is 0 Å². The van der Waals surface area contributed by atoms with E-state index in [-0.39, 0.29) is 0 Å². The fourth-order valence-electron chi connectivity index (χ4n) is 1.99. The molecule has 0 spiro atoms. The summed E-state index contributed by atoms with van der Waals surface area (Å²) in [6, 6.07) is 6.01. The fraction of sp³-hybridized carbons (Fsp3) is 0.647. The summed E-state index contributed by atoms with van der Waals surface area (Å²) in [6.45, 7) is 8.00. The summed E-state index contributed by atoms with van der Waals surface area (Å²) in [5.41, 5.74) is 0.963.